The minimum Gasteiger partial charge on any atom is -0.496 e. The Bertz CT molecular complexity index is 3150. The van der Waals surface area contributed by atoms with Gasteiger partial charge in [-0.25, -0.2) is 9.97 Å². The number of methoxy groups -OCH3 is 4. The molecule has 76 heavy (non-hydrogen) atoms. The molecule has 0 radical (unpaired) electrons. The van der Waals surface area contributed by atoms with E-state index in [1.54, 1.807) is 28.4 Å². The molecule has 18 heteroatoms. The van der Waals surface area contributed by atoms with Gasteiger partial charge in [0.15, 0.2) is 35.7 Å². The topological polar surface area (TPSA) is 187 Å². The predicted octanol–water partition coefficient (Wildman–Crippen LogP) is 10.2. The number of aromatic nitrogens is 4. The van der Waals surface area contributed by atoms with E-state index in [0.717, 1.165) is 0 Å². The van der Waals surface area contributed by atoms with E-state index in [-0.39, 0.29) is 0 Å². The molecule has 0 spiro atoms. The molecule has 0 saturated carbocycles. The second-order valence-corrected chi connectivity index (χ2v) is 21.8. The highest BCUT2D eigenvalue weighted by Gasteiger charge is 2.63. The first-order chi connectivity index (χ1) is 36.4. The number of nitrogens with one attached hydrogen (secondary N) is 2. The van der Waals surface area contributed by atoms with E-state index in [0.29, 0.717) is 101 Å². The summed E-state index contributed by atoms with van der Waals surface area (Å²) in [5.41, 5.74) is 9.24. The quantitative estimate of drug-likeness (QED) is 0.146. The lowest BCUT2D eigenvalue weighted by atomic mass is 9.93. The van der Waals surface area contributed by atoms with Gasteiger partial charge in [0, 0.05) is 44.3 Å². The van der Waals surface area contributed by atoms with Crippen molar-refractivity contribution in [2.75, 3.05) is 28.4 Å². The molecule has 6 saturated heterocycles. The number of hydrogen-bond acceptors (Lipinski definition) is 16. The van der Waals surface area contributed by atoms with Crippen LogP contribution in [0.2, 0.25) is 0 Å². The first kappa shape index (κ1) is 49.4. The first-order valence-electron chi connectivity index (χ1n) is 25.7. The van der Waals surface area contributed by atoms with E-state index < -0.39 is 84.6 Å². The lowest BCUT2D eigenvalue weighted by molar-refractivity contribution is -0.236. The predicted molar refractivity (Wildman–Crippen MR) is 279 cm³/mol. The van der Waals surface area contributed by atoms with Crippen molar-refractivity contribution in [3.8, 4) is 45.3 Å². The molecular weight excluding hydrogens is 977 g/mol. The molecule has 0 unspecified atom stereocenters. The van der Waals surface area contributed by atoms with Crippen LogP contribution in [0.5, 0.6) is 23.0 Å². The number of rotatable bonds is 8. The van der Waals surface area contributed by atoms with Crippen molar-refractivity contribution in [3.05, 3.63) is 94.6 Å². The monoisotopic (exact) mass is 1040 g/mol. The molecular formula is C58H62N4O14. The highest BCUT2D eigenvalue weighted by atomic mass is 16.9. The minimum atomic E-state index is -0.982. The number of benzene rings is 2. The molecule has 18 nitrogen and oxygen atoms in total. The average molecular weight is 1040 g/mol. The maximum absolute atomic E-state index is 7.08. The lowest BCUT2D eigenvalue weighted by Crippen LogP contribution is -2.51. The summed E-state index contributed by atoms with van der Waals surface area (Å²) < 4.78 is 91.6. The third-order valence-corrected chi connectivity index (χ3v) is 15.1. The van der Waals surface area contributed by atoms with Crippen molar-refractivity contribution < 1.29 is 66.3 Å². The molecule has 8 bridgehead atoms. The van der Waals surface area contributed by atoms with Crippen LogP contribution in [0.15, 0.2) is 60.7 Å². The molecule has 8 aliphatic heterocycles. The summed E-state index contributed by atoms with van der Waals surface area (Å²) in [5, 5.41) is 0. The van der Waals surface area contributed by atoms with Crippen LogP contribution >= 0.6 is 0 Å². The fraction of sp³-hybridized carbons (Fsp3) is 0.448. The molecule has 2 N–H and O–H groups in total. The molecule has 0 aliphatic carbocycles. The number of fused-ring (bicyclic) bond motifs is 14. The fourth-order valence-corrected chi connectivity index (χ4v) is 12.3. The van der Waals surface area contributed by atoms with Gasteiger partial charge in [0.05, 0.1) is 62.3 Å². The van der Waals surface area contributed by atoms with E-state index in [4.69, 9.17) is 76.3 Å². The number of ether oxygens (including phenoxy) is 14. The maximum atomic E-state index is 7.08. The Hall–Kier alpha value is -6.16. The largest absolute Gasteiger partial charge is 0.496 e. The van der Waals surface area contributed by atoms with Crippen LogP contribution in [0.25, 0.3) is 68.6 Å². The highest BCUT2D eigenvalue weighted by molar-refractivity contribution is 5.98. The Morgan fingerprint density at radius 1 is 0.368 bits per heavy atom. The number of H-pyrrole nitrogens is 2. The third kappa shape index (κ3) is 8.07. The number of nitrogens with zero attached hydrogens (tertiary/aromatic N) is 2. The van der Waals surface area contributed by atoms with Gasteiger partial charge in [-0.15, -0.1) is 0 Å². The molecule has 2 aromatic carbocycles. The second-order valence-electron chi connectivity index (χ2n) is 21.8. The lowest BCUT2D eigenvalue weighted by Gasteiger charge is -2.37. The van der Waals surface area contributed by atoms with Crippen molar-refractivity contribution in [2.24, 2.45) is 0 Å². The molecule has 398 valence electrons. The third-order valence-electron chi connectivity index (χ3n) is 15.1. The molecule has 3 aromatic heterocycles. The van der Waals surface area contributed by atoms with E-state index in [1.165, 1.54) is 0 Å². The Kier molecular flexibility index (Phi) is 11.5. The van der Waals surface area contributed by atoms with Gasteiger partial charge in [-0.3, -0.25) is 0 Å². The first-order valence-corrected chi connectivity index (χ1v) is 25.7. The van der Waals surface area contributed by atoms with Gasteiger partial charge >= 0.3 is 0 Å². The van der Waals surface area contributed by atoms with Crippen LogP contribution < -0.4 is 18.9 Å². The van der Waals surface area contributed by atoms with Gasteiger partial charge in [-0.2, -0.15) is 0 Å². The zero-order chi connectivity index (χ0) is 52.8. The van der Waals surface area contributed by atoms with Crippen molar-refractivity contribution in [2.45, 2.75) is 140 Å². The van der Waals surface area contributed by atoms with E-state index in [1.807, 2.05) is 140 Å². The molecule has 6 fully saturated rings. The molecule has 5 aromatic rings. The summed E-state index contributed by atoms with van der Waals surface area (Å²) in [4.78, 5) is 18.8. The van der Waals surface area contributed by atoms with Crippen LogP contribution in [0, 0.1) is 0 Å². The van der Waals surface area contributed by atoms with Crippen LogP contribution in [-0.4, -0.2) is 121 Å². The average Bonchev–Trinajstić information content (AvgIpc) is 4.27. The maximum Gasteiger partial charge on any atom is 0.190 e. The molecule has 0 amide bonds. The number of aromatic amines is 2. The van der Waals surface area contributed by atoms with Crippen LogP contribution in [0.1, 0.15) is 102 Å². The normalized spacial score (nSPS) is 29.9. The minimum absolute atomic E-state index is 0.562. The van der Waals surface area contributed by atoms with Crippen LogP contribution in [-0.2, 0) is 47.4 Å². The van der Waals surface area contributed by atoms with Crippen molar-refractivity contribution in [1.82, 2.24) is 19.9 Å². The second kappa shape index (κ2) is 17.7. The summed E-state index contributed by atoms with van der Waals surface area (Å²) in [6.07, 6.45) is 1.20. The zero-order valence-electron chi connectivity index (χ0n) is 44.5. The summed E-state index contributed by atoms with van der Waals surface area (Å²) in [6, 6.07) is 19.5. The van der Waals surface area contributed by atoms with Crippen molar-refractivity contribution in [3.63, 3.8) is 0 Å². The van der Waals surface area contributed by atoms with Gasteiger partial charge in [0.1, 0.15) is 71.8 Å². The Morgan fingerprint density at radius 3 is 1.05 bits per heavy atom. The van der Waals surface area contributed by atoms with E-state index >= 15 is 0 Å². The Labute approximate surface area is 439 Å². The summed E-state index contributed by atoms with van der Waals surface area (Å²) in [5.74, 6) is -1.60. The van der Waals surface area contributed by atoms with Crippen LogP contribution in [0.3, 0.4) is 0 Å². The molecule has 11 heterocycles. The van der Waals surface area contributed by atoms with Gasteiger partial charge in [-0.05, 0) is 128 Å². The Balaban J connectivity index is 1.15. The summed E-state index contributed by atoms with van der Waals surface area (Å²) in [6.45, 7) is 15.1. The smallest absolute Gasteiger partial charge is 0.190 e. The molecule has 13 rings (SSSR count). The standard InChI is InChI=1S/C58H62N4O14/c1-55(2)69-47-45(67-53-51(49(47)71-55)73-57(5,6)75-53)41-31-23-19-27(59-31)39(43-35(63-9)15-13-16-36(43)64-10)29-21-25-33(61-29)42(46-48-50(72-56(3,4)70-48)52-54(68-46)76-58(7,8)74-52)34-26-22-30(62-34)40(28-20-24-32(41)60-28)44-37(65-11)17-14-18-38(44)66-12/h13-26,45-54,59,62H,1-12H3/t45-,46-,47+,48+,49+,50+,51-,52-,53-,54-/m1/s1. The van der Waals surface area contributed by atoms with Crippen molar-refractivity contribution in [1.29, 1.82) is 0 Å². The highest BCUT2D eigenvalue weighted by Crippen LogP contribution is 2.53. The Morgan fingerprint density at radius 2 is 0.684 bits per heavy atom. The van der Waals surface area contributed by atoms with Gasteiger partial charge in [-0.1, -0.05) is 12.1 Å². The summed E-state index contributed by atoms with van der Waals surface area (Å²) >= 11 is 0. The van der Waals surface area contributed by atoms with Crippen LogP contribution in [0.4, 0.5) is 0 Å². The molecule has 8 aliphatic rings. The number of hydrogen-bond donors (Lipinski definition) is 2. The van der Waals surface area contributed by atoms with Gasteiger partial charge in [0.25, 0.3) is 0 Å². The zero-order valence-corrected chi connectivity index (χ0v) is 44.5. The summed E-state index contributed by atoms with van der Waals surface area (Å²) in [7, 11) is 6.56. The van der Waals surface area contributed by atoms with Gasteiger partial charge < -0.3 is 76.3 Å². The van der Waals surface area contributed by atoms with E-state index in [2.05, 4.69) is 9.97 Å². The van der Waals surface area contributed by atoms with E-state index in [9.17, 15) is 0 Å². The van der Waals surface area contributed by atoms with Crippen molar-refractivity contribution >= 4 is 46.4 Å². The SMILES string of the molecule is COc1cccc(OC)c1-c1c2nc(c([C@H]3O[C@@H]4OC(C)(C)O[C@@H]4[C@H]4OC(C)(C)O[C@H]43)c3ccc([nH]3)c(-c3c(OC)cccc3OC)c3nc(c([C@H]4O[C@@H]5OC(C)(C)O[C@@H]5[C@H]5OC(C)(C)O[C@H]54)c4ccc1[nH]4)C=C3)C=C2. The molecule has 10 atom stereocenters. The fourth-order valence-electron chi connectivity index (χ4n) is 12.3. The van der Waals surface area contributed by atoms with Gasteiger partial charge in [0.2, 0.25) is 0 Å².